The Bertz CT molecular complexity index is 805. The Balaban J connectivity index is 1.84. The van der Waals surface area contributed by atoms with E-state index < -0.39 is 17.5 Å². The van der Waals surface area contributed by atoms with E-state index in [9.17, 15) is 14.4 Å². The van der Waals surface area contributed by atoms with Gasteiger partial charge in [0.1, 0.15) is 6.29 Å². The van der Waals surface area contributed by atoms with E-state index in [2.05, 4.69) is 4.98 Å². The van der Waals surface area contributed by atoms with Gasteiger partial charge in [-0.1, -0.05) is 18.2 Å². The molecule has 1 heterocycles. The number of nitrogens with two attached hydrogens (primary N) is 1. The van der Waals surface area contributed by atoms with Crippen LogP contribution >= 0.6 is 0 Å². The van der Waals surface area contributed by atoms with Gasteiger partial charge in [-0.15, -0.1) is 0 Å². The summed E-state index contributed by atoms with van der Waals surface area (Å²) in [6, 6.07) is 8.83. The van der Waals surface area contributed by atoms with Crippen molar-refractivity contribution in [2.45, 2.75) is 37.7 Å². The molecule has 6 heteroatoms. The van der Waals surface area contributed by atoms with Crippen LogP contribution in [0, 0.1) is 5.92 Å². The summed E-state index contributed by atoms with van der Waals surface area (Å²) in [5.74, 6) is -1.000. The van der Waals surface area contributed by atoms with Gasteiger partial charge in [0, 0.05) is 18.0 Å². The number of hydrogen-bond acceptors (Lipinski definition) is 5. The minimum Gasteiger partial charge on any atom is -0.445 e. The SMILES string of the molecule is NC(=O)C1(OC(=O)c2ccnc3ccccc23)CCC(CC=O)CC1. The Hall–Kier alpha value is -2.76. The second kappa shape index (κ2) is 7.01. The number of aromatic nitrogens is 1. The highest BCUT2D eigenvalue weighted by atomic mass is 16.6. The van der Waals surface area contributed by atoms with Crippen molar-refractivity contribution in [1.82, 2.24) is 4.98 Å². The van der Waals surface area contributed by atoms with Crippen LogP contribution in [0.1, 0.15) is 42.5 Å². The Labute approximate surface area is 145 Å². The smallest absolute Gasteiger partial charge is 0.339 e. The van der Waals surface area contributed by atoms with Crippen LogP contribution in [0.3, 0.4) is 0 Å². The fourth-order valence-corrected chi connectivity index (χ4v) is 3.42. The molecule has 0 spiro atoms. The van der Waals surface area contributed by atoms with Crippen molar-refractivity contribution in [2.24, 2.45) is 11.7 Å². The van der Waals surface area contributed by atoms with E-state index in [-0.39, 0.29) is 5.92 Å². The van der Waals surface area contributed by atoms with Crippen molar-refractivity contribution in [3.63, 3.8) is 0 Å². The van der Waals surface area contributed by atoms with Crippen molar-refractivity contribution < 1.29 is 19.1 Å². The average Bonchev–Trinajstić information content (AvgIpc) is 2.63. The molecule has 1 aromatic heterocycles. The van der Waals surface area contributed by atoms with Crippen LogP contribution in [0.2, 0.25) is 0 Å². The van der Waals surface area contributed by atoms with Crippen molar-refractivity contribution >= 4 is 29.1 Å². The first-order chi connectivity index (χ1) is 12.1. The van der Waals surface area contributed by atoms with Gasteiger partial charge in [-0.25, -0.2) is 4.79 Å². The summed E-state index contributed by atoms with van der Waals surface area (Å²) in [6.07, 6.45) is 4.83. The molecule has 1 amide bonds. The van der Waals surface area contributed by atoms with Gasteiger partial charge < -0.3 is 15.3 Å². The molecule has 0 bridgehead atoms. The lowest BCUT2D eigenvalue weighted by molar-refractivity contribution is -0.142. The molecule has 2 aromatic rings. The fourth-order valence-electron chi connectivity index (χ4n) is 3.42. The molecule has 1 aliphatic carbocycles. The molecule has 0 atom stereocenters. The lowest BCUT2D eigenvalue weighted by Crippen LogP contribution is -2.50. The monoisotopic (exact) mass is 340 g/mol. The summed E-state index contributed by atoms with van der Waals surface area (Å²) in [4.78, 5) is 39.7. The molecule has 1 fully saturated rings. The standard InChI is InChI=1S/C19H20N2O4/c20-18(24)19(9-5-13(6-10-19)8-12-22)25-17(23)15-7-11-21-16-4-2-1-3-14(15)16/h1-4,7,11-13H,5-6,8-10H2,(H2,20,24). The number of aldehydes is 1. The number of nitrogens with zero attached hydrogens (tertiary/aromatic N) is 1. The first kappa shape index (κ1) is 17.1. The second-order valence-electron chi connectivity index (χ2n) is 6.47. The number of pyridine rings is 1. The van der Waals surface area contributed by atoms with Gasteiger partial charge in [0.25, 0.3) is 5.91 Å². The fraction of sp³-hybridized carbons (Fsp3) is 0.368. The maximum absolute atomic E-state index is 12.7. The maximum atomic E-state index is 12.7. The summed E-state index contributed by atoms with van der Waals surface area (Å²) < 4.78 is 5.63. The molecule has 3 rings (SSSR count). The minimum atomic E-state index is -1.30. The predicted octanol–water partition coefficient (Wildman–Crippen LogP) is 2.39. The average molecular weight is 340 g/mol. The van der Waals surface area contributed by atoms with Crippen molar-refractivity contribution in [1.29, 1.82) is 0 Å². The summed E-state index contributed by atoms with van der Waals surface area (Å²) >= 11 is 0. The van der Waals surface area contributed by atoms with E-state index in [1.807, 2.05) is 12.1 Å². The first-order valence-corrected chi connectivity index (χ1v) is 8.36. The summed E-state index contributed by atoms with van der Waals surface area (Å²) in [6.45, 7) is 0. The van der Waals surface area contributed by atoms with Crippen LogP contribution in [-0.4, -0.2) is 28.7 Å². The third-order valence-corrected chi connectivity index (χ3v) is 4.95. The number of para-hydroxylation sites is 1. The number of primary amides is 1. The third-order valence-electron chi connectivity index (χ3n) is 4.95. The zero-order valence-corrected chi connectivity index (χ0v) is 13.8. The lowest BCUT2D eigenvalue weighted by atomic mass is 9.77. The number of ether oxygens (including phenoxy) is 1. The zero-order chi connectivity index (χ0) is 17.9. The van der Waals surface area contributed by atoms with Gasteiger partial charge in [0.05, 0.1) is 11.1 Å². The molecule has 1 saturated carbocycles. The number of carbonyl (C=O) groups is 3. The molecular weight excluding hydrogens is 320 g/mol. The van der Waals surface area contributed by atoms with Crippen molar-refractivity contribution in [3.05, 3.63) is 42.1 Å². The van der Waals surface area contributed by atoms with Gasteiger partial charge in [-0.2, -0.15) is 0 Å². The van der Waals surface area contributed by atoms with Crippen LogP contribution in [0.4, 0.5) is 0 Å². The molecule has 0 unspecified atom stereocenters. The number of esters is 1. The molecule has 0 saturated heterocycles. The lowest BCUT2D eigenvalue weighted by Gasteiger charge is -2.36. The van der Waals surface area contributed by atoms with E-state index in [1.54, 1.807) is 18.2 Å². The summed E-state index contributed by atoms with van der Waals surface area (Å²) in [5, 5.41) is 0.671. The number of rotatable bonds is 5. The summed E-state index contributed by atoms with van der Waals surface area (Å²) in [7, 11) is 0. The number of hydrogen-bond donors (Lipinski definition) is 1. The largest absolute Gasteiger partial charge is 0.445 e. The Kier molecular flexibility index (Phi) is 4.79. The second-order valence-corrected chi connectivity index (χ2v) is 6.47. The van der Waals surface area contributed by atoms with Crippen LogP contribution in [0.15, 0.2) is 36.5 Å². The number of carbonyl (C=O) groups excluding carboxylic acids is 3. The summed E-state index contributed by atoms with van der Waals surface area (Å²) in [5.41, 5.74) is 5.30. The Morgan fingerprint density at radius 1 is 1.24 bits per heavy atom. The highest BCUT2D eigenvalue weighted by Gasteiger charge is 2.44. The molecular formula is C19H20N2O4. The number of amides is 1. The molecule has 0 aliphatic heterocycles. The number of fused-ring (bicyclic) bond motifs is 1. The Morgan fingerprint density at radius 2 is 1.96 bits per heavy atom. The van der Waals surface area contributed by atoms with E-state index >= 15 is 0 Å². The minimum absolute atomic E-state index is 0.213. The van der Waals surface area contributed by atoms with Crippen LogP contribution in [0.5, 0.6) is 0 Å². The normalized spacial score (nSPS) is 23.1. The molecule has 25 heavy (non-hydrogen) atoms. The highest BCUT2D eigenvalue weighted by Crippen LogP contribution is 2.37. The highest BCUT2D eigenvalue weighted by molar-refractivity contribution is 6.04. The van der Waals surface area contributed by atoms with E-state index in [0.29, 0.717) is 48.6 Å². The quantitative estimate of drug-likeness (QED) is 0.665. The van der Waals surface area contributed by atoms with E-state index in [1.165, 1.54) is 6.20 Å². The molecule has 1 aliphatic rings. The van der Waals surface area contributed by atoms with Gasteiger partial charge in [-0.3, -0.25) is 9.78 Å². The van der Waals surface area contributed by atoms with Crippen LogP contribution < -0.4 is 5.73 Å². The van der Waals surface area contributed by atoms with E-state index in [4.69, 9.17) is 10.5 Å². The molecule has 130 valence electrons. The molecule has 6 nitrogen and oxygen atoms in total. The number of benzene rings is 1. The van der Waals surface area contributed by atoms with Gasteiger partial charge >= 0.3 is 5.97 Å². The van der Waals surface area contributed by atoms with Crippen LogP contribution in [0.25, 0.3) is 10.9 Å². The van der Waals surface area contributed by atoms with Gasteiger partial charge in [-0.05, 0) is 43.7 Å². The van der Waals surface area contributed by atoms with Crippen molar-refractivity contribution in [3.8, 4) is 0 Å². The first-order valence-electron chi connectivity index (χ1n) is 8.36. The molecule has 1 aromatic carbocycles. The Morgan fingerprint density at radius 3 is 2.64 bits per heavy atom. The van der Waals surface area contributed by atoms with Gasteiger partial charge in [0.15, 0.2) is 5.60 Å². The molecule has 2 N–H and O–H groups in total. The third kappa shape index (κ3) is 3.38. The predicted molar refractivity (Wildman–Crippen MR) is 91.7 cm³/mol. The van der Waals surface area contributed by atoms with E-state index in [0.717, 1.165) is 6.29 Å². The van der Waals surface area contributed by atoms with Crippen LogP contribution in [-0.2, 0) is 14.3 Å². The van der Waals surface area contributed by atoms with Gasteiger partial charge in [0.2, 0.25) is 0 Å². The zero-order valence-electron chi connectivity index (χ0n) is 13.8. The maximum Gasteiger partial charge on any atom is 0.339 e. The topological polar surface area (TPSA) is 99.4 Å². The van der Waals surface area contributed by atoms with Crippen molar-refractivity contribution in [2.75, 3.05) is 0 Å². The molecule has 0 radical (unpaired) electrons.